The Bertz CT molecular complexity index is 1320. The minimum Gasteiger partial charge on any atom is -0.497 e. The third-order valence-electron chi connectivity index (χ3n) is 7.00. The number of aromatic nitrogens is 1. The van der Waals surface area contributed by atoms with E-state index in [1.165, 1.54) is 6.07 Å². The lowest BCUT2D eigenvalue weighted by atomic mass is 9.87. The first-order valence-electron chi connectivity index (χ1n) is 12.0. The number of para-hydroxylation sites is 1. The number of amides is 1. The van der Waals surface area contributed by atoms with E-state index < -0.39 is 0 Å². The highest BCUT2D eigenvalue weighted by molar-refractivity contribution is 5.86. The molecule has 3 aromatic carbocycles. The third kappa shape index (κ3) is 4.74. The average Bonchev–Trinajstić information content (AvgIpc) is 3.23. The van der Waals surface area contributed by atoms with Crippen LogP contribution in [0.4, 0.5) is 10.1 Å². The van der Waals surface area contributed by atoms with Crippen molar-refractivity contribution >= 4 is 22.5 Å². The summed E-state index contributed by atoms with van der Waals surface area (Å²) in [5.74, 6) is 0.429. The van der Waals surface area contributed by atoms with Crippen molar-refractivity contribution in [1.29, 1.82) is 0 Å². The van der Waals surface area contributed by atoms with Crippen LogP contribution in [-0.4, -0.2) is 48.7 Å². The number of nitrogens with zero attached hydrogens (tertiary/aromatic N) is 3. The Hall–Kier alpha value is -3.80. The summed E-state index contributed by atoms with van der Waals surface area (Å²) in [4.78, 5) is 17.7. The number of hydrogen-bond donors (Lipinski definition) is 0. The van der Waals surface area contributed by atoms with E-state index in [1.807, 2.05) is 42.3 Å². The fourth-order valence-electron chi connectivity index (χ4n) is 5.09. The lowest BCUT2D eigenvalue weighted by Crippen LogP contribution is -2.49. The van der Waals surface area contributed by atoms with E-state index in [0.29, 0.717) is 19.5 Å². The smallest absolute Gasteiger partial charge is 0.223 e. The van der Waals surface area contributed by atoms with Gasteiger partial charge in [0.15, 0.2) is 0 Å². The fourth-order valence-corrected chi connectivity index (χ4v) is 5.09. The molecule has 0 unspecified atom stereocenters. The van der Waals surface area contributed by atoms with Gasteiger partial charge in [0.05, 0.1) is 7.11 Å². The molecule has 1 aliphatic rings. The highest BCUT2D eigenvalue weighted by atomic mass is 19.1. The highest BCUT2D eigenvalue weighted by Crippen LogP contribution is 2.35. The Morgan fingerprint density at radius 2 is 1.71 bits per heavy atom. The number of anilines is 1. The summed E-state index contributed by atoms with van der Waals surface area (Å²) in [6.07, 6.45) is 2.38. The van der Waals surface area contributed by atoms with Crippen molar-refractivity contribution in [2.75, 3.05) is 38.2 Å². The van der Waals surface area contributed by atoms with Gasteiger partial charge >= 0.3 is 0 Å². The lowest BCUT2D eigenvalue weighted by molar-refractivity contribution is -0.131. The molecule has 1 aromatic heterocycles. The number of fused-ring (bicyclic) bond motifs is 1. The summed E-state index contributed by atoms with van der Waals surface area (Å²) in [7, 11) is 3.67. The van der Waals surface area contributed by atoms with Gasteiger partial charge in [0.2, 0.25) is 5.91 Å². The molecule has 0 spiro atoms. The summed E-state index contributed by atoms with van der Waals surface area (Å²) in [5.41, 5.74) is 4.11. The van der Waals surface area contributed by atoms with Crippen LogP contribution in [0.15, 0.2) is 79.0 Å². The maximum Gasteiger partial charge on any atom is 0.223 e. The zero-order valence-corrected chi connectivity index (χ0v) is 20.2. The normalized spacial score (nSPS) is 14.8. The van der Waals surface area contributed by atoms with Crippen molar-refractivity contribution in [2.45, 2.75) is 12.3 Å². The quantitative estimate of drug-likeness (QED) is 0.388. The molecule has 6 heteroatoms. The van der Waals surface area contributed by atoms with E-state index in [1.54, 1.807) is 19.2 Å². The van der Waals surface area contributed by atoms with Gasteiger partial charge in [-0.15, -0.1) is 0 Å². The van der Waals surface area contributed by atoms with Gasteiger partial charge in [0, 0.05) is 68.4 Å². The van der Waals surface area contributed by atoms with Crippen LogP contribution < -0.4 is 9.64 Å². The minimum atomic E-state index is -0.284. The molecular formula is C29H30FN3O2. The third-order valence-corrected chi connectivity index (χ3v) is 7.00. The van der Waals surface area contributed by atoms with Crippen LogP contribution in [0.2, 0.25) is 0 Å². The number of carbonyl (C=O) groups excluding carboxylic acids is 1. The van der Waals surface area contributed by atoms with E-state index in [0.717, 1.165) is 46.6 Å². The molecule has 0 aliphatic carbocycles. The topological polar surface area (TPSA) is 37.7 Å². The first-order valence-corrected chi connectivity index (χ1v) is 12.0. The van der Waals surface area contributed by atoms with Crippen molar-refractivity contribution < 1.29 is 13.9 Å². The number of methoxy groups -OCH3 is 1. The highest BCUT2D eigenvalue weighted by Gasteiger charge is 2.27. The molecule has 0 saturated carbocycles. The summed E-state index contributed by atoms with van der Waals surface area (Å²) in [6.45, 7) is 2.88. The van der Waals surface area contributed by atoms with E-state index >= 15 is 0 Å². The Kier molecular flexibility index (Phi) is 6.45. The van der Waals surface area contributed by atoms with Crippen molar-refractivity contribution in [3.8, 4) is 5.75 Å². The molecule has 0 radical (unpaired) electrons. The van der Waals surface area contributed by atoms with Gasteiger partial charge in [-0.1, -0.05) is 30.3 Å². The van der Waals surface area contributed by atoms with Gasteiger partial charge in [-0.05, 0) is 53.6 Å². The zero-order valence-electron chi connectivity index (χ0n) is 20.2. The van der Waals surface area contributed by atoms with Crippen LogP contribution in [0.1, 0.15) is 23.5 Å². The summed E-state index contributed by atoms with van der Waals surface area (Å²) in [6, 6.07) is 22.8. The molecule has 1 saturated heterocycles. The van der Waals surface area contributed by atoms with Crippen LogP contribution >= 0.6 is 0 Å². The van der Waals surface area contributed by atoms with Gasteiger partial charge in [-0.3, -0.25) is 4.79 Å². The van der Waals surface area contributed by atoms with E-state index in [-0.39, 0.29) is 17.6 Å². The Labute approximate surface area is 205 Å². The number of piperazine rings is 1. The molecule has 0 bridgehead atoms. The molecule has 5 nitrogen and oxygen atoms in total. The fraction of sp³-hybridized carbons (Fsp3) is 0.276. The molecule has 0 N–H and O–H groups in total. The monoisotopic (exact) mass is 471 g/mol. The van der Waals surface area contributed by atoms with Crippen molar-refractivity contribution in [2.24, 2.45) is 7.05 Å². The number of halogens is 1. The first kappa shape index (κ1) is 23.0. The van der Waals surface area contributed by atoms with Gasteiger partial charge in [-0.25, -0.2) is 4.39 Å². The molecule has 2 heterocycles. The molecule has 1 atom stereocenters. The number of hydrogen-bond acceptors (Lipinski definition) is 3. The Morgan fingerprint density at radius 1 is 0.971 bits per heavy atom. The molecular weight excluding hydrogens is 441 g/mol. The van der Waals surface area contributed by atoms with Gasteiger partial charge in [0.1, 0.15) is 11.6 Å². The van der Waals surface area contributed by atoms with E-state index in [9.17, 15) is 9.18 Å². The number of rotatable bonds is 6. The number of ether oxygens (including phenoxy) is 1. The molecule has 5 rings (SSSR count). The number of aryl methyl sites for hydroxylation is 1. The van der Waals surface area contributed by atoms with Crippen molar-refractivity contribution in [3.05, 3.63) is 95.9 Å². The molecule has 4 aromatic rings. The van der Waals surface area contributed by atoms with Crippen LogP contribution in [0, 0.1) is 5.82 Å². The first-order chi connectivity index (χ1) is 17.0. The average molecular weight is 472 g/mol. The van der Waals surface area contributed by atoms with Gasteiger partial charge < -0.3 is 19.1 Å². The van der Waals surface area contributed by atoms with Crippen LogP contribution in [0.3, 0.4) is 0 Å². The van der Waals surface area contributed by atoms with Crippen molar-refractivity contribution in [1.82, 2.24) is 9.47 Å². The second-order valence-electron chi connectivity index (χ2n) is 9.09. The molecule has 35 heavy (non-hydrogen) atoms. The molecule has 1 amide bonds. The summed E-state index contributed by atoms with van der Waals surface area (Å²) < 4.78 is 21.5. The number of carbonyl (C=O) groups is 1. The van der Waals surface area contributed by atoms with Crippen molar-refractivity contribution in [3.63, 3.8) is 0 Å². The van der Waals surface area contributed by atoms with Crippen LogP contribution in [-0.2, 0) is 11.8 Å². The van der Waals surface area contributed by atoms with Crippen LogP contribution in [0.25, 0.3) is 10.9 Å². The standard InChI is InChI=1S/C29H30FN3O2/c1-31-20-27(25-8-3-4-9-28(25)31)26(21-6-5-7-22(30)18-21)19-29(34)33-16-14-32(15-17-33)23-10-12-24(35-2)13-11-23/h3-13,18,20,26H,14-17,19H2,1-2H3/t26-/m1/s1. The summed E-state index contributed by atoms with van der Waals surface area (Å²) >= 11 is 0. The maximum absolute atomic E-state index is 14.2. The summed E-state index contributed by atoms with van der Waals surface area (Å²) in [5, 5.41) is 1.10. The molecule has 180 valence electrons. The van der Waals surface area contributed by atoms with Gasteiger partial charge in [-0.2, -0.15) is 0 Å². The van der Waals surface area contributed by atoms with Gasteiger partial charge in [0.25, 0.3) is 0 Å². The maximum atomic E-state index is 14.2. The molecule has 1 aliphatic heterocycles. The Balaban J connectivity index is 1.35. The predicted octanol–water partition coefficient (Wildman–Crippen LogP) is 5.20. The minimum absolute atomic E-state index is 0.0987. The molecule has 1 fully saturated rings. The second-order valence-corrected chi connectivity index (χ2v) is 9.09. The lowest BCUT2D eigenvalue weighted by Gasteiger charge is -2.36. The van der Waals surface area contributed by atoms with E-state index in [2.05, 4.69) is 39.9 Å². The second kappa shape index (κ2) is 9.82. The number of benzene rings is 3. The van der Waals surface area contributed by atoms with Crippen LogP contribution in [0.5, 0.6) is 5.75 Å². The Morgan fingerprint density at radius 3 is 2.43 bits per heavy atom. The zero-order chi connectivity index (χ0) is 24.4. The largest absolute Gasteiger partial charge is 0.497 e. The SMILES string of the molecule is COc1ccc(N2CCN(C(=O)C[C@H](c3cccc(F)c3)c3cn(C)c4ccccc34)CC2)cc1. The predicted molar refractivity (Wildman–Crippen MR) is 138 cm³/mol. The van der Waals surface area contributed by atoms with E-state index in [4.69, 9.17) is 4.74 Å².